The molecule has 0 saturated heterocycles. The fourth-order valence-electron chi connectivity index (χ4n) is 1.21. The van der Waals surface area contributed by atoms with E-state index in [-0.39, 0.29) is 41.9 Å². The van der Waals surface area contributed by atoms with E-state index in [0.717, 1.165) is 5.06 Å². The molecule has 13 heteroatoms. The molecule has 30 heavy (non-hydrogen) atoms. The van der Waals surface area contributed by atoms with Crippen LogP contribution in [0.2, 0.25) is 0 Å². The molecule has 0 radical (unpaired) electrons. The number of halogens is 1. The molecule has 160 valence electrons. The molecule has 1 amide bonds. The molecular weight excluding hydrogens is 431 g/mol. The number of hydroxylamine groups is 3. The second kappa shape index (κ2) is 23.3. The third-order valence-corrected chi connectivity index (χ3v) is 2.75. The van der Waals surface area contributed by atoms with Gasteiger partial charge in [-0.2, -0.15) is 0 Å². The largest absolute Gasteiger partial charge is 1.00 e. The van der Waals surface area contributed by atoms with Gasteiger partial charge in [-0.1, -0.05) is 12.1 Å². The second-order valence-electron chi connectivity index (χ2n) is 4.29. The molecule has 0 aliphatic rings. The first-order chi connectivity index (χ1) is 13.9. The van der Waals surface area contributed by atoms with Crippen LogP contribution in [0.4, 0.5) is 0 Å². The Bertz CT molecular complexity index is 682. The molecule has 0 saturated carbocycles. The van der Waals surface area contributed by atoms with Gasteiger partial charge in [0.05, 0.1) is 14.2 Å². The summed E-state index contributed by atoms with van der Waals surface area (Å²) in [6.07, 6.45) is 3.09. The maximum absolute atomic E-state index is 11.3. The van der Waals surface area contributed by atoms with Gasteiger partial charge in [0.2, 0.25) is 0 Å². The third kappa shape index (κ3) is 18.1. The quantitative estimate of drug-likeness (QED) is 0.168. The van der Waals surface area contributed by atoms with Crippen LogP contribution in [-0.4, -0.2) is 61.0 Å². The molecule has 2 heterocycles. The summed E-state index contributed by atoms with van der Waals surface area (Å²) in [7, 11) is 6.25. The summed E-state index contributed by atoms with van der Waals surface area (Å²) in [6, 6.07) is 10.1. The van der Waals surface area contributed by atoms with Gasteiger partial charge >= 0.3 is 29.6 Å². The van der Waals surface area contributed by atoms with E-state index in [0.29, 0.717) is 11.4 Å². The van der Waals surface area contributed by atoms with Crippen LogP contribution in [0.25, 0.3) is 0 Å². The van der Waals surface area contributed by atoms with Crippen molar-refractivity contribution in [1.82, 2.24) is 20.5 Å². The summed E-state index contributed by atoms with van der Waals surface area (Å²) in [5.74, 6) is -0.252. The fraction of sp³-hybridized carbons (Fsp3) is 0.235. The van der Waals surface area contributed by atoms with Crippen molar-refractivity contribution in [2.75, 3.05) is 28.3 Å². The molecule has 2 aromatic heterocycles. The molecule has 1 N–H and O–H groups in total. The summed E-state index contributed by atoms with van der Waals surface area (Å²) in [4.78, 5) is 49.5. The minimum Gasteiger partial charge on any atom is -0.662 e. The summed E-state index contributed by atoms with van der Waals surface area (Å²) >= 11 is 5.10. The second-order valence-corrected chi connectivity index (χ2v) is 4.63. The average Bonchev–Trinajstić information content (AvgIpc) is 2.79. The summed E-state index contributed by atoms with van der Waals surface area (Å²) in [5.41, 5.74) is 3.10. The van der Waals surface area contributed by atoms with E-state index < -0.39 is 5.24 Å². The van der Waals surface area contributed by atoms with Crippen molar-refractivity contribution in [3.8, 4) is 0 Å². The van der Waals surface area contributed by atoms with Crippen molar-refractivity contribution in [2.45, 2.75) is 0 Å². The topological polar surface area (TPSA) is 143 Å². The van der Waals surface area contributed by atoms with Crippen molar-refractivity contribution < 1.29 is 63.8 Å². The van der Waals surface area contributed by atoms with Crippen LogP contribution in [0.5, 0.6) is 0 Å². The Morgan fingerprint density at radius 1 is 1.10 bits per heavy atom. The molecule has 2 rings (SSSR count). The van der Waals surface area contributed by atoms with Crippen molar-refractivity contribution >= 4 is 29.2 Å². The van der Waals surface area contributed by atoms with Gasteiger partial charge in [0.25, 0.3) is 17.6 Å². The monoisotopic (exact) mass is 452 g/mol. The van der Waals surface area contributed by atoms with E-state index in [2.05, 4.69) is 25.2 Å². The first kappa shape index (κ1) is 32.7. The van der Waals surface area contributed by atoms with Crippen molar-refractivity contribution in [2.24, 2.45) is 0 Å². The van der Waals surface area contributed by atoms with Crippen molar-refractivity contribution in [3.63, 3.8) is 0 Å². The SMILES string of the molecule is CNOC.CON(C)C(=O)c1ccccn1.O=C(Cl)c1ccccn1.O=CO[O-].[Na+]. The summed E-state index contributed by atoms with van der Waals surface area (Å²) < 4.78 is 0. The zero-order valence-electron chi connectivity index (χ0n) is 17.3. The van der Waals surface area contributed by atoms with Crippen LogP contribution < -0.4 is 40.3 Å². The number of hydrogen-bond acceptors (Lipinski definition) is 10. The maximum Gasteiger partial charge on any atom is 1.00 e. The van der Waals surface area contributed by atoms with Crippen molar-refractivity contribution in [3.05, 3.63) is 60.2 Å². The van der Waals surface area contributed by atoms with Crippen LogP contribution in [0, 0.1) is 0 Å². The van der Waals surface area contributed by atoms with E-state index in [9.17, 15) is 9.59 Å². The molecule has 0 aliphatic carbocycles. The van der Waals surface area contributed by atoms with Gasteiger partial charge in [-0.15, -0.1) is 0 Å². The Morgan fingerprint density at radius 2 is 1.53 bits per heavy atom. The molecular formula is C17H22ClN4NaO7. The van der Waals surface area contributed by atoms with Crippen LogP contribution in [0.15, 0.2) is 48.8 Å². The molecule has 0 unspecified atom stereocenters. The predicted octanol–water partition coefficient (Wildman–Crippen LogP) is -2.62. The average molecular weight is 453 g/mol. The van der Waals surface area contributed by atoms with Gasteiger partial charge in [0, 0.05) is 26.5 Å². The maximum atomic E-state index is 11.3. The number of aromatic nitrogens is 2. The van der Waals surface area contributed by atoms with Gasteiger partial charge in [-0.25, -0.2) is 10.5 Å². The van der Waals surface area contributed by atoms with E-state index in [4.69, 9.17) is 26.5 Å². The minimum absolute atomic E-state index is 0. The molecule has 2 aromatic rings. The predicted molar refractivity (Wildman–Crippen MR) is 101 cm³/mol. The van der Waals surface area contributed by atoms with Crippen LogP contribution in [0.1, 0.15) is 21.0 Å². The molecule has 0 spiro atoms. The number of carbonyl (C=O) groups excluding carboxylic acids is 3. The van der Waals surface area contributed by atoms with Crippen LogP contribution in [-0.2, 0) is 19.4 Å². The van der Waals surface area contributed by atoms with Crippen molar-refractivity contribution in [1.29, 1.82) is 0 Å². The summed E-state index contributed by atoms with van der Waals surface area (Å²) in [6.45, 7) is -0.181. The Hall–Kier alpha value is -1.96. The number of amides is 1. The number of rotatable bonds is 5. The molecule has 0 bridgehead atoms. The van der Waals surface area contributed by atoms with Gasteiger partial charge in [0.1, 0.15) is 11.4 Å². The molecule has 11 nitrogen and oxygen atoms in total. The Morgan fingerprint density at radius 3 is 1.77 bits per heavy atom. The number of pyridine rings is 2. The Kier molecular flexibility index (Phi) is 25.4. The molecule has 0 fully saturated rings. The van der Waals surface area contributed by atoms with E-state index >= 15 is 0 Å². The normalized spacial score (nSPS) is 8.20. The number of nitrogens with one attached hydrogen (secondary N) is 1. The third-order valence-electron chi connectivity index (χ3n) is 2.55. The smallest absolute Gasteiger partial charge is 0.662 e. The summed E-state index contributed by atoms with van der Waals surface area (Å²) in [5, 5.41) is 9.04. The first-order valence-corrected chi connectivity index (χ1v) is 8.03. The first-order valence-electron chi connectivity index (χ1n) is 7.65. The Labute approximate surface area is 201 Å². The number of hydrogen-bond donors (Lipinski definition) is 1. The fourth-order valence-corrected chi connectivity index (χ4v) is 1.32. The van der Waals surface area contributed by atoms with Gasteiger partial charge in [-0.3, -0.25) is 29.2 Å². The Balaban J connectivity index is -0.000000358. The number of carbonyl (C=O) groups is 3. The standard InChI is InChI=1S/C8H10N2O2.C6H4ClNO.C2H7NO.CH2O3.Na/c1-10(12-2)8(11)7-5-3-4-6-9-7;7-6(9)5-3-1-2-4-8-5;1-3-4-2;2-1-4-3;/h3-6H,1-2H3;1-4H;3H,1-2H3;1,3H;/q;;;;+1/p-1. The van der Waals surface area contributed by atoms with E-state index in [1.54, 1.807) is 56.8 Å². The van der Waals surface area contributed by atoms with Crippen LogP contribution >= 0.6 is 11.6 Å². The van der Waals surface area contributed by atoms with Gasteiger partial charge in [-0.05, 0) is 35.9 Å². The number of nitrogens with zero attached hydrogens (tertiary/aromatic N) is 3. The van der Waals surface area contributed by atoms with Gasteiger partial charge < -0.3 is 15.0 Å². The zero-order chi connectivity index (χ0) is 22.5. The minimum atomic E-state index is -0.518. The molecule has 0 aliphatic heterocycles. The molecule has 0 atom stereocenters. The van der Waals surface area contributed by atoms with Crippen LogP contribution in [0.3, 0.4) is 0 Å². The molecule has 0 aromatic carbocycles. The van der Waals surface area contributed by atoms with E-state index in [1.165, 1.54) is 20.4 Å². The van der Waals surface area contributed by atoms with Gasteiger partial charge in [0.15, 0.2) is 0 Å². The van der Waals surface area contributed by atoms with E-state index in [1.807, 2.05) is 0 Å². The zero-order valence-corrected chi connectivity index (χ0v) is 20.0.